The number of hydrogen-bond acceptors (Lipinski definition) is 2. The zero-order chi connectivity index (χ0) is 13.7. The Morgan fingerprint density at radius 2 is 1.84 bits per heavy atom. The van der Waals surface area contributed by atoms with Crippen LogP contribution in [-0.4, -0.2) is 5.91 Å². The predicted octanol–water partition coefficient (Wildman–Crippen LogP) is 2.82. The number of benzene rings is 2. The van der Waals surface area contributed by atoms with Gasteiger partial charge in [-0.05, 0) is 36.8 Å². The maximum absolute atomic E-state index is 13.1. The molecule has 0 saturated carbocycles. The van der Waals surface area contributed by atoms with Crippen molar-refractivity contribution < 1.29 is 9.18 Å². The summed E-state index contributed by atoms with van der Waals surface area (Å²) in [7, 11) is 0. The second-order valence-electron chi connectivity index (χ2n) is 4.24. The molecule has 2 aromatic carbocycles. The van der Waals surface area contributed by atoms with Crippen LogP contribution in [0.5, 0.6) is 0 Å². The third-order valence-electron chi connectivity index (χ3n) is 2.79. The zero-order valence-electron chi connectivity index (χ0n) is 10.6. The number of hydrogen-bond donors (Lipinski definition) is 2. The second-order valence-corrected chi connectivity index (χ2v) is 4.24. The molecule has 98 valence electrons. The van der Waals surface area contributed by atoms with E-state index in [4.69, 9.17) is 0 Å². The maximum Gasteiger partial charge on any atom is 0.265 e. The Balaban J connectivity index is 1.94. The molecule has 0 spiro atoms. The van der Waals surface area contributed by atoms with Gasteiger partial charge in [-0.15, -0.1) is 0 Å². The number of nitrogens with one attached hydrogen (secondary N) is 2. The number of halogens is 1. The van der Waals surface area contributed by atoms with Crippen LogP contribution in [0.1, 0.15) is 28.9 Å². The summed E-state index contributed by atoms with van der Waals surface area (Å²) in [6.07, 6.45) is 0. The van der Waals surface area contributed by atoms with Crippen LogP contribution in [-0.2, 0) is 0 Å². The number of carbonyl (C=O) groups is 1. The predicted molar refractivity (Wildman–Crippen MR) is 71.9 cm³/mol. The zero-order valence-corrected chi connectivity index (χ0v) is 10.6. The van der Waals surface area contributed by atoms with E-state index in [1.54, 1.807) is 36.4 Å². The van der Waals surface area contributed by atoms with E-state index in [1.165, 1.54) is 12.1 Å². The first kappa shape index (κ1) is 13.2. The van der Waals surface area contributed by atoms with Crippen molar-refractivity contribution in [2.75, 3.05) is 0 Å². The fourth-order valence-corrected chi connectivity index (χ4v) is 1.69. The summed E-state index contributed by atoms with van der Waals surface area (Å²) in [5.41, 5.74) is 6.81. The molecule has 0 saturated heterocycles. The van der Waals surface area contributed by atoms with Crippen molar-refractivity contribution in [1.82, 2.24) is 10.9 Å². The Labute approximate surface area is 111 Å². The lowest BCUT2D eigenvalue weighted by Crippen LogP contribution is -2.39. The van der Waals surface area contributed by atoms with Gasteiger partial charge in [0, 0.05) is 11.6 Å². The highest BCUT2D eigenvalue weighted by Gasteiger charge is 2.08. The molecule has 2 aromatic rings. The van der Waals surface area contributed by atoms with Gasteiger partial charge in [-0.2, -0.15) is 0 Å². The Bertz CT molecular complexity index is 557. The van der Waals surface area contributed by atoms with E-state index >= 15 is 0 Å². The molecule has 0 aliphatic rings. The summed E-state index contributed by atoms with van der Waals surface area (Å²) in [5, 5.41) is 0. The molecule has 2 rings (SSSR count). The van der Waals surface area contributed by atoms with Crippen LogP contribution in [0, 0.1) is 5.82 Å². The first-order valence-electron chi connectivity index (χ1n) is 6.03. The van der Waals surface area contributed by atoms with E-state index in [2.05, 4.69) is 10.9 Å². The van der Waals surface area contributed by atoms with Crippen molar-refractivity contribution in [3.8, 4) is 0 Å². The SMILES string of the molecule is C[C@@H](NNC(=O)c1ccccc1)c1cccc(F)c1. The van der Waals surface area contributed by atoms with Crippen molar-refractivity contribution >= 4 is 5.91 Å². The molecule has 0 aromatic heterocycles. The van der Waals surface area contributed by atoms with E-state index in [0.29, 0.717) is 5.56 Å². The lowest BCUT2D eigenvalue weighted by atomic mass is 10.1. The van der Waals surface area contributed by atoms with E-state index in [0.717, 1.165) is 5.56 Å². The monoisotopic (exact) mass is 258 g/mol. The van der Waals surface area contributed by atoms with Gasteiger partial charge in [0.25, 0.3) is 5.91 Å². The van der Waals surface area contributed by atoms with E-state index < -0.39 is 0 Å². The largest absolute Gasteiger partial charge is 0.287 e. The molecule has 19 heavy (non-hydrogen) atoms. The Kier molecular flexibility index (Phi) is 4.26. The Morgan fingerprint density at radius 3 is 2.53 bits per heavy atom. The highest BCUT2D eigenvalue weighted by Crippen LogP contribution is 2.12. The molecule has 1 atom stereocenters. The molecular weight excluding hydrogens is 243 g/mol. The molecule has 4 heteroatoms. The number of carbonyl (C=O) groups excluding carboxylic acids is 1. The average Bonchev–Trinajstić information content (AvgIpc) is 2.45. The van der Waals surface area contributed by atoms with Gasteiger partial charge < -0.3 is 0 Å². The summed E-state index contributed by atoms with van der Waals surface area (Å²) in [6.45, 7) is 1.85. The summed E-state index contributed by atoms with van der Waals surface area (Å²) >= 11 is 0. The minimum atomic E-state index is -0.291. The van der Waals surface area contributed by atoms with E-state index in [1.807, 2.05) is 13.0 Å². The molecule has 0 aliphatic carbocycles. The van der Waals surface area contributed by atoms with Crippen LogP contribution < -0.4 is 10.9 Å². The molecule has 1 amide bonds. The van der Waals surface area contributed by atoms with Gasteiger partial charge in [0.15, 0.2) is 0 Å². The van der Waals surface area contributed by atoms with Crippen LogP contribution in [0.4, 0.5) is 4.39 Å². The minimum Gasteiger partial charge on any atom is -0.287 e. The fourth-order valence-electron chi connectivity index (χ4n) is 1.69. The number of hydrazine groups is 1. The van der Waals surface area contributed by atoms with Crippen LogP contribution in [0.15, 0.2) is 54.6 Å². The molecule has 0 radical (unpaired) electrons. The number of amides is 1. The molecule has 3 nitrogen and oxygen atoms in total. The minimum absolute atomic E-state index is 0.177. The van der Waals surface area contributed by atoms with Crippen molar-refractivity contribution in [2.24, 2.45) is 0 Å². The lowest BCUT2D eigenvalue weighted by molar-refractivity contribution is 0.0926. The van der Waals surface area contributed by atoms with Gasteiger partial charge >= 0.3 is 0 Å². The van der Waals surface area contributed by atoms with Crippen molar-refractivity contribution in [1.29, 1.82) is 0 Å². The molecule has 0 heterocycles. The van der Waals surface area contributed by atoms with E-state index in [-0.39, 0.29) is 17.8 Å². The summed E-state index contributed by atoms with van der Waals surface area (Å²) in [5.74, 6) is -0.510. The topological polar surface area (TPSA) is 41.1 Å². The number of rotatable bonds is 4. The van der Waals surface area contributed by atoms with Crippen LogP contribution in [0.2, 0.25) is 0 Å². The molecular formula is C15H15FN2O. The standard InChI is InChI=1S/C15H15FN2O/c1-11(13-8-5-9-14(16)10-13)17-18-15(19)12-6-3-2-4-7-12/h2-11,17H,1H3,(H,18,19)/t11-/m1/s1. The van der Waals surface area contributed by atoms with Gasteiger partial charge in [-0.3, -0.25) is 10.2 Å². The average molecular weight is 258 g/mol. The van der Waals surface area contributed by atoms with Crippen molar-refractivity contribution in [2.45, 2.75) is 13.0 Å². The quantitative estimate of drug-likeness (QED) is 0.828. The summed E-state index contributed by atoms with van der Waals surface area (Å²) < 4.78 is 13.1. The van der Waals surface area contributed by atoms with Crippen LogP contribution >= 0.6 is 0 Å². The van der Waals surface area contributed by atoms with Crippen molar-refractivity contribution in [3.63, 3.8) is 0 Å². The van der Waals surface area contributed by atoms with Crippen LogP contribution in [0.3, 0.4) is 0 Å². The maximum atomic E-state index is 13.1. The van der Waals surface area contributed by atoms with Gasteiger partial charge in [-0.1, -0.05) is 30.3 Å². The Hall–Kier alpha value is -2.20. The van der Waals surface area contributed by atoms with Crippen LogP contribution in [0.25, 0.3) is 0 Å². The first-order valence-corrected chi connectivity index (χ1v) is 6.03. The summed E-state index contributed by atoms with van der Waals surface area (Å²) in [4.78, 5) is 11.8. The van der Waals surface area contributed by atoms with Gasteiger partial charge in [0.05, 0.1) is 0 Å². The molecule has 0 unspecified atom stereocenters. The molecule has 0 bridgehead atoms. The molecule has 0 fully saturated rings. The third kappa shape index (κ3) is 3.63. The highest BCUT2D eigenvalue weighted by molar-refractivity contribution is 5.93. The van der Waals surface area contributed by atoms with Gasteiger partial charge in [0.2, 0.25) is 0 Å². The lowest BCUT2D eigenvalue weighted by Gasteiger charge is -2.15. The van der Waals surface area contributed by atoms with Crippen molar-refractivity contribution in [3.05, 3.63) is 71.5 Å². The molecule has 0 aliphatic heterocycles. The third-order valence-corrected chi connectivity index (χ3v) is 2.79. The van der Waals surface area contributed by atoms with Gasteiger partial charge in [0.1, 0.15) is 5.82 Å². The first-order chi connectivity index (χ1) is 9.16. The molecule has 2 N–H and O–H groups in total. The highest BCUT2D eigenvalue weighted by atomic mass is 19.1. The Morgan fingerprint density at radius 1 is 1.11 bits per heavy atom. The summed E-state index contributed by atoms with van der Waals surface area (Å²) in [6, 6.07) is 15.0. The second kappa shape index (κ2) is 6.11. The fraction of sp³-hybridized carbons (Fsp3) is 0.133. The normalized spacial score (nSPS) is 11.9. The van der Waals surface area contributed by atoms with E-state index in [9.17, 15) is 9.18 Å². The smallest absolute Gasteiger partial charge is 0.265 e. The van der Waals surface area contributed by atoms with Gasteiger partial charge in [-0.25, -0.2) is 9.82 Å².